The fourth-order valence-electron chi connectivity index (χ4n) is 3.19. The van der Waals surface area contributed by atoms with E-state index in [4.69, 9.17) is 0 Å². The maximum Gasteiger partial charge on any atom is 0.451 e. The Balaban J connectivity index is 1.76. The number of hydrogen-bond acceptors (Lipinski definition) is 4. The van der Waals surface area contributed by atoms with Crippen molar-refractivity contribution >= 4 is 5.91 Å². The molecule has 6 nitrogen and oxygen atoms in total. The summed E-state index contributed by atoms with van der Waals surface area (Å²) in [5.74, 6) is -0.628. The number of hydrogen-bond donors (Lipinski definition) is 0. The molecule has 122 valence electrons. The summed E-state index contributed by atoms with van der Waals surface area (Å²) in [6.45, 7) is 5.40. The molecule has 3 rings (SSSR count). The molecule has 1 atom stereocenters. The smallest absolute Gasteiger partial charge is 0.339 e. The molecule has 0 N–H and O–H groups in total. The zero-order valence-electron chi connectivity index (χ0n) is 12.5. The summed E-state index contributed by atoms with van der Waals surface area (Å²) in [6, 6.07) is -0.120. The summed E-state index contributed by atoms with van der Waals surface area (Å²) >= 11 is 0. The van der Waals surface area contributed by atoms with Gasteiger partial charge in [-0.25, -0.2) is 0 Å². The fraction of sp³-hybridized carbons (Fsp3) is 0.769. The van der Waals surface area contributed by atoms with Crippen LogP contribution in [0.1, 0.15) is 31.9 Å². The predicted molar refractivity (Wildman–Crippen MR) is 70.7 cm³/mol. The number of halogens is 3. The first-order chi connectivity index (χ1) is 10.3. The summed E-state index contributed by atoms with van der Waals surface area (Å²) in [7, 11) is 0. The number of carbonyl (C=O) groups is 1. The number of nitrogens with zero attached hydrogens (tertiary/aromatic N) is 5. The Kier molecular flexibility index (Phi) is 3.62. The Hall–Kier alpha value is -1.64. The van der Waals surface area contributed by atoms with E-state index in [1.165, 1.54) is 0 Å². The van der Waals surface area contributed by atoms with Crippen molar-refractivity contribution in [3.05, 3.63) is 11.6 Å². The van der Waals surface area contributed by atoms with Gasteiger partial charge in [-0.3, -0.25) is 9.69 Å². The minimum atomic E-state index is -4.50. The van der Waals surface area contributed by atoms with Crippen LogP contribution in [0.3, 0.4) is 0 Å². The molecule has 0 radical (unpaired) electrons. The number of fused-ring (bicyclic) bond motifs is 1. The van der Waals surface area contributed by atoms with E-state index in [-0.39, 0.29) is 36.9 Å². The third kappa shape index (κ3) is 2.47. The van der Waals surface area contributed by atoms with Crippen molar-refractivity contribution in [3.8, 4) is 0 Å². The molecule has 1 unspecified atom stereocenters. The Labute approximate surface area is 125 Å². The van der Waals surface area contributed by atoms with Crippen LogP contribution in [0.2, 0.25) is 0 Å². The maximum atomic E-state index is 12.8. The van der Waals surface area contributed by atoms with E-state index >= 15 is 0 Å². The van der Waals surface area contributed by atoms with Crippen LogP contribution in [0, 0.1) is 0 Å². The molecule has 2 aliphatic rings. The molecule has 0 spiro atoms. The molecule has 0 aliphatic carbocycles. The summed E-state index contributed by atoms with van der Waals surface area (Å²) in [5, 5.41) is 6.91. The van der Waals surface area contributed by atoms with Crippen LogP contribution in [0.4, 0.5) is 13.2 Å². The van der Waals surface area contributed by atoms with Crippen LogP contribution in [-0.2, 0) is 24.1 Å². The van der Waals surface area contributed by atoms with Gasteiger partial charge < -0.3 is 9.47 Å². The van der Waals surface area contributed by atoms with Gasteiger partial charge in [0.2, 0.25) is 11.7 Å². The lowest BCUT2D eigenvalue weighted by atomic mass is 10.2. The minimum absolute atomic E-state index is 0.0546. The Bertz CT molecular complexity index is 583. The first kappa shape index (κ1) is 15.3. The highest BCUT2D eigenvalue weighted by Gasteiger charge is 2.42. The van der Waals surface area contributed by atoms with Gasteiger partial charge in [-0.15, -0.1) is 10.2 Å². The largest absolute Gasteiger partial charge is 0.451 e. The molecule has 1 aromatic heterocycles. The highest BCUT2D eigenvalue weighted by atomic mass is 19.4. The lowest BCUT2D eigenvalue weighted by Crippen LogP contribution is -2.46. The molecule has 1 saturated heterocycles. The van der Waals surface area contributed by atoms with Crippen molar-refractivity contribution in [2.24, 2.45) is 0 Å². The second-order valence-electron chi connectivity index (χ2n) is 5.99. The normalized spacial score (nSPS) is 23.5. The maximum absolute atomic E-state index is 12.8. The second kappa shape index (κ2) is 5.22. The molecule has 22 heavy (non-hydrogen) atoms. The van der Waals surface area contributed by atoms with Crippen molar-refractivity contribution in [1.29, 1.82) is 0 Å². The molecule has 1 amide bonds. The van der Waals surface area contributed by atoms with E-state index in [1.54, 1.807) is 0 Å². The minimum Gasteiger partial charge on any atom is -0.339 e. The van der Waals surface area contributed by atoms with Crippen molar-refractivity contribution in [2.45, 2.75) is 51.6 Å². The zero-order valence-corrected chi connectivity index (χ0v) is 12.5. The first-order valence-electron chi connectivity index (χ1n) is 7.33. The molecular formula is C13H18F3N5O. The number of carbonyl (C=O) groups excluding carboxylic acids is 1. The molecule has 0 aromatic carbocycles. The van der Waals surface area contributed by atoms with Gasteiger partial charge in [-0.05, 0) is 20.3 Å². The summed E-state index contributed by atoms with van der Waals surface area (Å²) in [6.07, 6.45) is -3.79. The van der Waals surface area contributed by atoms with Gasteiger partial charge in [-0.1, -0.05) is 0 Å². The van der Waals surface area contributed by atoms with E-state index in [1.807, 2.05) is 23.6 Å². The summed E-state index contributed by atoms with van der Waals surface area (Å²) in [5.41, 5.74) is 0. The number of aromatic nitrogens is 3. The highest BCUT2D eigenvalue weighted by molar-refractivity contribution is 5.84. The van der Waals surface area contributed by atoms with Crippen LogP contribution >= 0.6 is 0 Å². The van der Waals surface area contributed by atoms with E-state index in [2.05, 4.69) is 10.2 Å². The molecule has 1 fully saturated rings. The van der Waals surface area contributed by atoms with E-state index in [0.29, 0.717) is 19.5 Å². The molecular weight excluding hydrogens is 299 g/mol. The van der Waals surface area contributed by atoms with Crippen molar-refractivity contribution < 1.29 is 18.0 Å². The molecule has 9 heteroatoms. The Morgan fingerprint density at radius 1 is 1.18 bits per heavy atom. The number of amides is 1. The second-order valence-corrected chi connectivity index (χ2v) is 5.99. The SMILES string of the molecule is CC(C)N1CCC(N2CCn3c(nnc3C(F)(F)F)C2)C1=O. The van der Waals surface area contributed by atoms with Gasteiger partial charge in [0.05, 0.1) is 12.6 Å². The average Bonchev–Trinajstić information content (AvgIpc) is 3.00. The lowest BCUT2D eigenvalue weighted by Gasteiger charge is -2.32. The third-order valence-electron chi connectivity index (χ3n) is 4.31. The van der Waals surface area contributed by atoms with Crippen molar-refractivity contribution in [3.63, 3.8) is 0 Å². The van der Waals surface area contributed by atoms with Crippen molar-refractivity contribution in [1.82, 2.24) is 24.6 Å². The monoisotopic (exact) mass is 317 g/mol. The van der Waals surface area contributed by atoms with Crippen LogP contribution in [-0.4, -0.2) is 55.6 Å². The van der Waals surface area contributed by atoms with Gasteiger partial charge in [0.25, 0.3) is 0 Å². The number of alkyl halides is 3. The highest BCUT2D eigenvalue weighted by Crippen LogP contribution is 2.30. The van der Waals surface area contributed by atoms with Crippen LogP contribution in [0.5, 0.6) is 0 Å². The average molecular weight is 317 g/mol. The number of likely N-dealkylation sites (tertiary alicyclic amines) is 1. The van der Waals surface area contributed by atoms with E-state index in [0.717, 1.165) is 4.57 Å². The molecule has 0 saturated carbocycles. The quantitative estimate of drug-likeness (QED) is 0.820. The van der Waals surface area contributed by atoms with Crippen LogP contribution in [0.25, 0.3) is 0 Å². The summed E-state index contributed by atoms with van der Waals surface area (Å²) < 4.78 is 39.5. The molecule has 1 aromatic rings. The predicted octanol–water partition coefficient (Wildman–Crippen LogP) is 1.12. The zero-order chi connectivity index (χ0) is 16.1. The molecule has 0 bridgehead atoms. The van der Waals surface area contributed by atoms with Crippen LogP contribution in [0.15, 0.2) is 0 Å². The van der Waals surface area contributed by atoms with Gasteiger partial charge >= 0.3 is 6.18 Å². The fourth-order valence-corrected chi connectivity index (χ4v) is 3.19. The van der Waals surface area contributed by atoms with Crippen molar-refractivity contribution in [2.75, 3.05) is 13.1 Å². The topological polar surface area (TPSA) is 54.3 Å². The van der Waals surface area contributed by atoms with Gasteiger partial charge in [0, 0.05) is 25.7 Å². The third-order valence-corrected chi connectivity index (χ3v) is 4.31. The first-order valence-corrected chi connectivity index (χ1v) is 7.33. The molecule has 2 aliphatic heterocycles. The Morgan fingerprint density at radius 2 is 1.91 bits per heavy atom. The Morgan fingerprint density at radius 3 is 2.50 bits per heavy atom. The molecule has 3 heterocycles. The van der Waals surface area contributed by atoms with Gasteiger partial charge in [0.15, 0.2) is 0 Å². The standard InChI is InChI=1S/C13H18F3N5O/c1-8(2)20-4-3-9(11(20)22)19-5-6-21-10(7-19)17-18-12(21)13(14,15)16/h8-9H,3-7H2,1-2H3. The summed E-state index contributed by atoms with van der Waals surface area (Å²) in [4.78, 5) is 16.1. The van der Waals surface area contributed by atoms with E-state index in [9.17, 15) is 18.0 Å². The van der Waals surface area contributed by atoms with Crippen LogP contribution < -0.4 is 0 Å². The van der Waals surface area contributed by atoms with Gasteiger partial charge in [-0.2, -0.15) is 13.2 Å². The number of rotatable bonds is 2. The van der Waals surface area contributed by atoms with Gasteiger partial charge in [0.1, 0.15) is 5.82 Å². The lowest BCUT2D eigenvalue weighted by molar-refractivity contribution is -0.148. The van der Waals surface area contributed by atoms with E-state index < -0.39 is 12.0 Å².